The smallest absolute Gasteiger partial charge is 0.336 e. The summed E-state index contributed by atoms with van der Waals surface area (Å²) in [5.74, 6) is 0.295. The van der Waals surface area contributed by atoms with Crippen LogP contribution in [-0.2, 0) is 17.8 Å². The molecule has 0 radical (unpaired) electrons. The largest absolute Gasteiger partial charge is 0.480 e. The molecule has 2 aromatic heterocycles. The van der Waals surface area contributed by atoms with Crippen molar-refractivity contribution < 1.29 is 13.9 Å². The van der Waals surface area contributed by atoms with Crippen LogP contribution in [0.15, 0.2) is 51.9 Å². The van der Waals surface area contributed by atoms with Crippen LogP contribution in [0.5, 0.6) is 5.75 Å². The highest BCUT2D eigenvalue weighted by atomic mass is 16.5. The molecule has 6 nitrogen and oxygen atoms in total. The lowest BCUT2D eigenvalue weighted by molar-refractivity contribution is -0.127. The normalized spacial score (nSPS) is 12.0. The van der Waals surface area contributed by atoms with Crippen molar-refractivity contribution in [2.45, 2.75) is 52.7 Å². The van der Waals surface area contributed by atoms with Crippen LogP contribution in [0.4, 0.5) is 0 Å². The third kappa shape index (κ3) is 5.02. The lowest BCUT2D eigenvalue weighted by Crippen LogP contribution is -2.36. The second kappa shape index (κ2) is 9.37. The molecule has 0 unspecified atom stereocenters. The molecule has 1 amide bonds. The van der Waals surface area contributed by atoms with Crippen LogP contribution in [0.3, 0.4) is 0 Å². The van der Waals surface area contributed by atoms with Crippen LogP contribution in [0, 0.1) is 6.92 Å². The zero-order valence-electron chi connectivity index (χ0n) is 17.0. The van der Waals surface area contributed by atoms with Crippen molar-refractivity contribution in [2.24, 2.45) is 0 Å². The molecule has 1 atom stereocenters. The Kier molecular flexibility index (Phi) is 6.65. The second-order valence-electron chi connectivity index (χ2n) is 7.10. The fourth-order valence-electron chi connectivity index (χ4n) is 3.19. The molecule has 29 heavy (non-hydrogen) atoms. The number of pyridine rings is 1. The molecule has 0 saturated heterocycles. The Morgan fingerprint density at radius 2 is 2.14 bits per heavy atom. The number of carbonyl (C=O) groups excluding carboxylic acids is 1. The Balaban J connectivity index is 1.76. The van der Waals surface area contributed by atoms with Crippen LogP contribution in [0.1, 0.15) is 43.4 Å². The third-order valence-corrected chi connectivity index (χ3v) is 4.86. The first kappa shape index (κ1) is 20.6. The molecule has 0 aliphatic heterocycles. The van der Waals surface area contributed by atoms with Gasteiger partial charge in [-0.05, 0) is 56.0 Å². The van der Waals surface area contributed by atoms with Gasteiger partial charge in [0.1, 0.15) is 11.3 Å². The summed E-state index contributed by atoms with van der Waals surface area (Å²) < 4.78 is 11.3. The number of ether oxygens (including phenoxy) is 1. The van der Waals surface area contributed by atoms with Gasteiger partial charge in [-0.3, -0.25) is 9.78 Å². The van der Waals surface area contributed by atoms with Crippen molar-refractivity contribution in [3.63, 3.8) is 0 Å². The lowest BCUT2D eigenvalue weighted by atomic mass is 10.0. The first-order chi connectivity index (χ1) is 14.0. The molecule has 0 aliphatic rings. The van der Waals surface area contributed by atoms with E-state index in [1.807, 2.05) is 31.2 Å². The molecule has 0 saturated carbocycles. The van der Waals surface area contributed by atoms with E-state index in [1.54, 1.807) is 25.4 Å². The van der Waals surface area contributed by atoms with Crippen LogP contribution in [0.25, 0.3) is 11.0 Å². The first-order valence-corrected chi connectivity index (χ1v) is 9.89. The number of nitrogens with zero attached hydrogens (tertiary/aromatic N) is 1. The summed E-state index contributed by atoms with van der Waals surface area (Å²) in [6.45, 7) is 6.03. The molecule has 3 aromatic rings. The number of carbonyl (C=O) groups is 1. The highest BCUT2D eigenvalue weighted by Gasteiger charge is 2.18. The van der Waals surface area contributed by atoms with E-state index in [1.165, 1.54) is 0 Å². The number of unbranched alkanes of at least 4 members (excludes halogenated alkanes) is 1. The van der Waals surface area contributed by atoms with Gasteiger partial charge >= 0.3 is 5.63 Å². The van der Waals surface area contributed by atoms with Gasteiger partial charge in [0.15, 0.2) is 6.10 Å². The van der Waals surface area contributed by atoms with Gasteiger partial charge in [0.05, 0.1) is 0 Å². The minimum atomic E-state index is -0.696. The number of rotatable bonds is 8. The molecule has 3 rings (SSSR count). The Labute approximate surface area is 169 Å². The van der Waals surface area contributed by atoms with Crippen molar-refractivity contribution in [2.75, 3.05) is 0 Å². The van der Waals surface area contributed by atoms with Gasteiger partial charge in [-0.15, -0.1) is 0 Å². The summed E-state index contributed by atoms with van der Waals surface area (Å²) in [6, 6.07) is 9.00. The van der Waals surface area contributed by atoms with E-state index in [-0.39, 0.29) is 11.5 Å². The zero-order valence-corrected chi connectivity index (χ0v) is 17.0. The number of benzene rings is 1. The SMILES string of the molecule is CCCCc1cc(=O)oc2c(C)c(O[C@@H](C)C(=O)NCc3cccnc3)ccc12. The van der Waals surface area contributed by atoms with Crippen molar-refractivity contribution in [1.82, 2.24) is 10.3 Å². The maximum absolute atomic E-state index is 12.4. The number of aryl methyl sites for hydroxylation is 2. The molecule has 0 bridgehead atoms. The summed E-state index contributed by atoms with van der Waals surface area (Å²) in [7, 11) is 0. The fourth-order valence-corrected chi connectivity index (χ4v) is 3.19. The summed E-state index contributed by atoms with van der Waals surface area (Å²) in [4.78, 5) is 28.4. The topological polar surface area (TPSA) is 81.4 Å². The van der Waals surface area contributed by atoms with Crippen molar-refractivity contribution >= 4 is 16.9 Å². The molecule has 152 valence electrons. The van der Waals surface area contributed by atoms with Crippen molar-refractivity contribution in [1.29, 1.82) is 0 Å². The molecular weight excluding hydrogens is 368 g/mol. The van der Waals surface area contributed by atoms with E-state index in [9.17, 15) is 9.59 Å². The van der Waals surface area contributed by atoms with Gasteiger partial charge < -0.3 is 14.5 Å². The third-order valence-electron chi connectivity index (χ3n) is 4.86. The Morgan fingerprint density at radius 3 is 2.86 bits per heavy atom. The quantitative estimate of drug-likeness (QED) is 0.586. The van der Waals surface area contributed by atoms with Gasteiger partial charge in [0.2, 0.25) is 0 Å². The van der Waals surface area contributed by atoms with Gasteiger partial charge in [-0.2, -0.15) is 0 Å². The lowest BCUT2D eigenvalue weighted by Gasteiger charge is -2.17. The number of hydrogen-bond donors (Lipinski definition) is 1. The van der Waals surface area contributed by atoms with Gasteiger partial charge in [-0.1, -0.05) is 19.4 Å². The van der Waals surface area contributed by atoms with E-state index in [2.05, 4.69) is 17.2 Å². The second-order valence-corrected chi connectivity index (χ2v) is 7.10. The van der Waals surface area contributed by atoms with Crippen LogP contribution in [-0.4, -0.2) is 17.0 Å². The monoisotopic (exact) mass is 394 g/mol. The van der Waals surface area contributed by atoms with E-state index >= 15 is 0 Å². The number of amides is 1. The highest BCUT2D eigenvalue weighted by Crippen LogP contribution is 2.29. The highest BCUT2D eigenvalue weighted by molar-refractivity contribution is 5.85. The maximum atomic E-state index is 12.4. The predicted octanol–water partition coefficient (Wildman–Crippen LogP) is 3.92. The van der Waals surface area contributed by atoms with Gasteiger partial charge in [0, 0.05) is 36.0 Å². The Hall–Kier alpha value is -3.15. The van der Waals surface area contributed by atoms with Gasteiger partial charge in [0.25, 0.3) is 5.91 Å². The van der Waals surface area contributed by atoms with Crippen LogP contribution >= 0.6 is 0 Å². The number of fused-ring (bicyclic) bond motifs is 1. The summed E-state index contributed by atoms with van der Waals surface area (Å²) in [5.41, 5.74) is 2.76. The van der Waals surface area contributed by atoms with Crippen molar-refractivity contribution in [3.05, 3.63) is 69.8 Å². The average Bonchev–Trinajstić information content (AvgIpc) is 2.73. The molecule has 0 spiro atoms. The van der Waals surface area contributed by atoms with Crippen molar-refractivity contribution in [3.8, 4) is 5.75 Å². The average molecular weight is 394 g/mol. The maximum Gasteiger partial charge on any atom is 0.336 e. The van der Waals surface area contributed by atoms with Gasteiger partial charge in [-0.25, -0.2) is 4.79 Å². The number of nitrogens with one attached hydrogen (secondary N) is 1. The Morgan fingerprint density at radius 1 is 1.31 bits per heavy atom. The molecule has 0 aliphatic carbocycles. The molecule has 1 N–H and O–H groups in total. The molecule has 0 fully saturated rings. The zero-order chi connectivity index (χ0) is 20.8. The molecule has 1 aromatic carbocycles. The van der Waals surface area contributed by atoms with Crippen LogP contribution in [0.2, 0.25) is 0 Å². The van der Waals surface area contributed by atoms with E-state index in [0.29, 0.717) is 23.4 Å². The Bertz CT molecular complexity index is 1040. The summed E-state index contributed by atoms with van der Waals surface area (Å²) >= 11 is 0. The predicted molar refractivity (Wildman–Crippen MR) is 112 cm³/mol. The number of aromatic nitrogens is 1. The fraction of sp³-hybridized carbons (Fsp3) is 0.348. The van der Waals surface area contributed by atoms with Crippen LogP contribution < -0.4 is 15.7 Å². The molecule has 2 heterocycles. The van der Waals surface area contributed by atoms with E-state index in [0.717, 1.165) is 35.8 Å². The number of hydrogen-bond acceptors (Lipinski definition) is 5. The molecular formula is C23H26N2O4. The molecule has 6 heteroatoms. The minimum Gasteiger partial charge on any atom is -0.480 e. The summed E-state index contributed by atoms with van der Waals surface area (Å²) in [5, 5.41) is 3.75. The standard InChI is InChI=1S/C23H26N2O4/c1-4-5-8-18-12-21(26)29-22-15(2)20(10-9-19(18)22)28-16(3)23(27)25-14-17-7-6-11-24-13-17/h6-7,9-13,16H,4-5,8,14H2,1-3H3,(H,25,27)/t16-/m0/s1. The van der Waals surface area contributed by atoms with E-state index in [4.69, 9.17) is 9.15 Å². The minimum absolute atomic E-state index is 0.230. The van der Waals surface area contributed by atoms with E-state index < -0.39 is 6.10 Å². The first-order valence-electron chi connectivity index (χ1n) is 9.89. The summed E-state index contributed by atoms with van der Waals surface area (Å²) in [6.07, 6.45) is 5.57.